The van der Waals surface area contributed by atoms with Gasteiger partial charge in [-0.15, -0.1) is 0 Å². The largest absolute Gasteiger partial charge is 0.396 e. The number of aliphatic hydroxyl groups is 1. The highest BCUT2D eigenvalue weighted by Crippen LogP contribution is 2.34. The van der Waals surface area contributed by atoms with Crippen molar-refractivity contribution in [2.75, 3.05) is 39.3 Å². The lowest BCUT2D eigenvalue weighted by Gasteiger charge is -2.40. The van der Waals surface area contributed by atoms with E-state index in [1.54, 1.807) is 0 Å². The monoisotopic (exact) mass is 254 g/mol. The predicted octanol–water partition coefficient (Wildman–Crippen LogP) is 1.09. The highest BCUT2D eigenvalue weighted by molar-refractivity contribution is 5.78. The third-order valence-corrected chi connectivity index (χ3v) is 4.82. The first kappa shape index (κ1) is 13.8. The number of hydrogen-bond donors (Lipinski definition) is 1. The third-order valence-electron chi connectivity index (χ3n) is 4.82. The summed E-state index contributed by atoms with van der Waals surface area (Å²) in [6.07, 6.45) is 5.41. The van der Waals surface area contributed by atoms with Gasteiger partial charge in [0.15, 0.2) is 0 Å². The van der Waals surface area contributed by atoms with Crippen molar-refractivity contribution in [2.24, 2.45) is 5.41 Å². The smallest absolute Gasteiger partial charge is 0.236 e. The van der Waals surface area contributed by atoms with Gasteiger partial charge in [-0.25, -0.2) is 0 Å². The summed E-state index contributed by atoms with van der Waals surface area (Å²) < 4.78 is 0. The molecule has 0 aliphatic carbocycles. The Balaban J connectivity index is 1.77. The lowest BCUT2D eigenvalue weighted by atomic mass is 9.77. The molecule has 0 aromatic rings. The topological polar surface area (TPSA) is 43.8 Å². The van der Waals surface area contributed by atoms with Gasteiger partial charge in [0.2, 0.25) is 5.91 Å². The molecule has 4 heteroatoms. The third kappa shape index (κ3) is 3.04. The Morgan fingerprint density at radius 3 is 2.28 bits per heavy atom. The van der Waals surface area contributed by atoms with Gasteiger partial charge in [-0.3, -0.25) is 9.69 Å². The van der Waals surface area contributed by atoms with Crippen molar-refractivity contribution in [2.45, 2.75) is 39.0 Å². The molecule has 4 nitrogen and oxygen atoms in total. The Bertz CT molecular complexity index is 274. The van der Waals surface area contributed by atoms with Crippen LogP contribution in [-0.2, 0) is 4.79 Å². The summed E-state index contributed by atoms with van der Waals surface area (Å²) in [7, 11) is 0. The molecule has 0 spiro atoms. The fourth-order valence-corrected chi connectivity index (χ4v) is 3.07. The molecule has 0 saturated carbocycles. The molecule has 0 radical (unpaired) electrons. The van der Waals surface area contributed by atoms with Gasteiger partial charge in [-0.05, 0) is 50.6 Å². The minimum Gasteiger partial charge on any atom is -0.396 e. The molecule has 2 saturated heterocycles. The summed E-state index contributed by atoms with van der Waals surface area (Å²) in [5.74, 6) is 0.292. The number of nitrogens with zero attached hydrogens (tertiary/aromatic N) is 2. The second-order valence-electron chi connectivity index (χ2n) is 5.88. The highest BCUT2D eigenvalue weighted by Gasteiger charge is 2.33. The number of amides is 1. The van der Waals surface area contributed by atoms with E-state index in [2.05, 4.69) is 11.8 Å². The van der Waals surface area contributed by atoms with Gasteiger partial charge in [-0.1, -0.05) is 6.92 Å². The van der Waals surface area contributed by atoms with Crippen LogP contribution in [0.2, 0.25) is 0 Å². The molecule has 2 rings (SSSR count). The Kier molecular flexibility index (Phi) is 4.62. The maximum absolute atomic E-state index is 12.0. The first-order valence-corrected chi connectivity index (χ1v) is 7.30. The van der Waals surface area contributed by atoms with E-state index >= 15 is 0 Å². The molecular formula is C14H26N2O2. The maximum atomic E-state index is 12.0. The first-order valence-electron chi connectivity index (χ1n) is 7.30. The van der Waals surface area contributed by atoms with E-state index in [1.807, 2.05) is 4.90 Å². The Hall–Kier alpha value is -0.610. The minimum absolute atomic E-state index is 0.118. The molecular weight excluding hydrogens is 228 g/mol. The molecule has 0 bridgehead atoms. The van der Waals surface area contributed by atoms with Crippen LogP contribution in [-0.4, -0.2) is 60.1 Å². The van der Waals surface area contributed by atoms with E-state index in [-0.39, 0.29) is 12.0 Å². The Morgan fingerprint density at radius 1 is 1.17 bits per heavy atom. The summed E-state index contributed by atoms with van der Waals surface area (Å²) in [6.45, 7) is 6.82. The van der Waals surface area contributed by atoms with Crippen molar-refractivity contribution < 1.29 is 9.90 Å². The molecule has 0 aromatic carbocycles. The fourth-order valence-electron chi connectivity index (χ4n) is 3.07. The molecule has 1 amide bonds. The average Bonchev–Trinajstić information content (AvgIpc) is 2.94. The van der Waals surface area contributed by atoms with Crippen molar-refractivity contribution in [1.82, 2.24) is 9.80 Å². The summed E-state index contributed by atoms with van der Waals surface area (Å²) in [6, 6.07) is 0. The summed E-state index contributed by atoms with van der Waals surface area (Å²) in [4.78, 5) is 16.3. The van der Waals surface area contributed by atoms with E-state index in [1.165, 1.54) is 0 Å². The van der Waals surface area contributed by atoms with Crippen molar-refractivity contribution in [3.05, 3.63) is 0 Å². The molecule has 0 atom stereocenters. The van der Waals surface area contributed by atoms with Crippen molar-refractivity contribution in [1.29, 1.82) is 0 Å². The Labute approximate surface area is 110 Å². The van der Waals surface area contributed by atoms with Crippen LogP contribution in [0.1, 0.15) is 39.0 Å². The Morgan fingerprint density at radius 2 is 1.78 bits per heavy atom. The minimum atomic E-state index is 0.118. The number of carbonyl (C=O) groups excluding carboxylic acids is 1. The lowest BCUT2D eigenvalue weighted by Crippen LogP contribution is -2.46. The van der Waals surface area contributed by atoms with Gasteiger partial charge < -0.3 is 10.0 Å². The molecule has 104 valence electrons. The van der Waals surface area contributed by atoms with Gasteiger partial charge in [0.25, 0.3) is 0 Å². The second-order valence-corrected chi connectivity index (χ2v) is 5.88. The van der Waals surface area contributed by atoms with Crippen LogP contribution >= 0.6 is 0 Å². The number of carbonyl (C=O) groups is 1. The molecule has 2 heterocycles. The lowest BCUT2D eigenvalue weighted by molar-refractivity contribution is -0.132. The molecule has 1 N–H and O–H groups in total. The van der Waals surface area contributed by atoms with Gasteiger partial charge in [-0.2, -0.15) is 0 Å². The fraction of sp³-hybridized carbons (Fsp3) is 0.929. The second kappa shape index (κ2) is 6.02. The van der Waals surface area contributed by atoms with Crippen LogP contribution in [0, 0.1) is 5.41 Å². The summed E-state index contributed by atoms with van der Waals surface area (Å²) >= 11 is 0. The summed E-state index contributed by atoms with van der Waals surface area (Å²) in [5.41, 5.74) is 0.118. The van der Waals surface area contributed by atoms with E-state index < -0.39 is 0 Å². The van der Waals surface area contributed by atoms with Gasteiger partial charge in [0.1, 0.15) is 0 Å². The van der Waals surface area contributed by atoms with Crippen molar-refractivity contribution in [3.8, 4) is 0 Å². The quantitative estimate of drug-likeness (QED) is 0.817. The molecule has 2 aliphatic heterocycles. The van der Waals surface area contributed by atoms with Gasteiger partial charge in [0, 0.05) is 19.7 Å². The molecule has 2 fully saturated rings. The van der Waals surface area contributed by atoms with Crippen LogP contribution in [0.5, 0.6) is 0 Å². The molecule has 2 aliphatic rings. The SMILES string of the molecule is CCC1(CO)CCN(CC(=O)N2CCCC2)CC1. The zero-order valence-electron chi connectivity index (χ0n) is 11.5. The van der Waals surface area contributed by atoms with Crippen LogP contribution in [0.4, 0.5) is 0 Å². The number of piperidine rings is 1. The van der Waals surface area contributed by atoms with Crippen LogP contribution < -0.4 is 0 Å². The molecule has 0 aromatic heterocycles. The average molecular weight is 254 g/mol. The predicted molar refractivity (Wildman–Crippen MR) is 71.3 cm³/mol. The first-order chi connectivity index (χ1) is 8.69. The maximum Gasteiger partial charge on any atom is 0.236 e. The van der Waals surface area contributed by atoms with Gasteiger partial charge in [0.05, 0.1) is 6.54 Å². The highest BCUT2D eigenvalue weighted by atomic mass is 16.3. The zero-order valence-corrected chi connectivity index (χ0v) is 11.5. The number of aliphatic hydroxyl groups excluding tert-OH is 1. The van der Waals surface area contributed by atoms with Crippen molar-refractivity contribution in [3.63, 3.8) is 0 Å². The van der Waals surface area contributed by atoms with E-state index in [0.717, 1.165) is 58.3 Å². The van der Waals surface area contributed by atoms with E-state index in [0.29, 0.717) is 12.5 Å². The number of rotatable bonds is 4. The van der Waals surface area contributed by atoms with Crippen LogP contribution in [0.15, 0.2) is 0 Å². The molecule has 18 heavy (non-hydrogen) atoms. The number of hydrogen-bond acceptors (Lipinski definition) is 3. The van der Waals surface area contributed by atoms with Crippen molar-refractivity contribution >= 4 is 5.91 Å². The van der Waals surface area contributed by atoms with Crippen LogP contribution in [0.3, 0.4) is 0 Å². The van der Waals surface area contributed by atoms with Gasteiger partial charge >= 0.3 is 0 Å². The normalized spacial score (nSPS) is 24.4. The van der Waals surface area contributed by atoms with E-state index in [4.69, 9.17) is 0 Å². The van der Waals surface area contributed by atoms with Crippen LogP contribution in [0.25, 0.3) is 0 Å². The standard InChI is InChI=1S/C14H26N2O2/c1-2-14(12-17)5-9-15(10-6-14)11-13(18)16-7-3-4-8-16/h17H,2-12H2,1H3. The summed E-state index contributed by atoms with van der Waals surface area (Å²) in [5, 5.41) is 9.49. The molecule has 0 unspecified atom stereocenters. The number of likely N-dealkylation sites (tertiary alicyclic amines) is 2. The zero-order chi connectivity index (χ0) is 13.0. The van der Waals surface area contributed by atoms with E-state index in [9.17, 15) is 9.90 Å².